The second-order valence-electron chi connectivity index (χ2n) is 8.15. The summed E-state index contributed by atoms with van der Waals surface area (Å²) in [5.41, 5.74) is 5.49. The minimum Gasteiger partial charge on any atom is -0.497 e. The van der Waals surface area contributed by atoms with E-state index in [2.05, 4.69) is 31.3 Å². The summed E-state index contributed by atoms with van der Waals surface area (Å²) in [6.07, 6.45) is 5.72. The molecule has 3 aromatic rings. The van der Waals surface area contributed by atoms with E-state index in [4.69, 9.17) is 9.84 Å². The van der Waals surface area contributed by atoms with Crippen molar-refractivity contribution in [3.8, 4) is 22.7 Å². The summed E-state index contributed by atoms with van der Waals surface area (Å²) in [6, 6.07) is 16.1. The molecule has 1 N–H and O–H groups in total. The van der Waals surface area contributed by atoms with E-state index >= 15 is 0 Å². The molecule has 0 aliphatic heterocycles. The molecule has 4 rings (SSSR count). The highest BCUT2D eigenvalue weighted by atomic mass is 16.5. The van der Waals surface area contributed by atoms with Gasteiger partial charge in [-0.25, -0.2) is 4.68 Å². The molecule has 1 aromatic heterocycles. The number of hydrogen-bond donors (Lipinski definition) is 1. The molecule has 0 bridgehead atoms. The van der Waals surface area contributed by atoms with E-state index in [1.807, 2.05) is 36.4 Å². The Bertz CT molecular complexity index is 1030. The van der Waals surface area contributed by atoms with Crippen molar-refractivity contribution in [2.45, 2.75) is 52.0 Å². The van der Waals surface area contributed by atoms with Crippen LogP contribution in [0.5, 0.6) is 5.75 Å². The maximum atomic E-state index is 13.2. The van der Waals surface area contributed by atoms with E-state index in [0.29, 0.717) is 5.69 Å². The maximum absolute atomic E-state index is 13.2. The average molecular weight is 404 g/mol. The van der Waals surface area contributed by atoms with Gasteiger partial charge in [-0.05, 0) is 68.7 Å². The molecule has 0 spiro atoms. The molecular formula is C25H29N3O2. The van der Waals surface area contributed by atoms with Crippen molar-refractivity contribution in [3.63, 3.8) is 0 Å². The Labute approximate surface area is 178 Å². The number of carbonyl (C=O) groups is 1. The molecule has 0 radical (unpaired) electrons. The van der Waals surface area contributed by atoms with E-state index in [1.165, 1.54) is 24.8 Å². The number of hydrogen-bond acceptors (Lipinski definition) is 3. The van der Waals surface area contributed by atoms with Crippen LogP contribution in [0.4, 0.5) is 0 Å². The number of aryl methyl sites for hydroxylation is 2. The standard InChI is InChI=1S/C25H29N3O2/c1-17-9-14-23(18(2)15-17)28-24(25(29)26-20-7-5-4-6-8-20)16-22(27-28)19-10-12-21(30-3)13-11-19/h9-16,20H,4-8H2,1-3H3,(H,26,29). The number of amides is 1. The molecule has 1 aliphatic carbocycles. The van der Waals surface area contributed by atoms with Crippen LogP contribution in [0.2, 0.25) is 0 Å². The van der Waals surface area contributed by atoms with Gasteiger partial charge in [0.25, 0.3) is 5.91 Å². The van der Waals surface area contributed by atoms with Crippen molar-refractivity contribution in [2.75, 3.05) is 7.11 Å². The summed E-state index contributed by atoms with van der Waals surface area (Å²) >= 11 is 0. The van der Waals surface area contributed by atoms with Crippen LogP contribution in [-0.4, -0.2) is 28.8 Å². The molecule has 30 heavy (non-hydrogen) atoms. The zero-order chi connectivity index (χ0) is 21.1. The smallest absolute Gasteiger partial charge is 0.270 e. The Kier molecular flexibility index (Phi) is 5.88. The lowest BCUT2D eigenvalue weighted by atomic mass is 9.95. The molecule has 0 saturated heterocycles. The van der Waals surface area contributed by atoms with Crippen LogP contribution in [0.25, 0.3) is 16.9 Å². The predicted octanol–water partition coefficient (Wildman–Crippen LogP) is 5.23. The number of methoxy groups -OCH3 is 1. The van der Waals surface area contributed by atoms with Crippen LogP contribution in [-0.2, 0) is 0 Å². The van der Waals surface area contributed by atoms with Gasteiger partial charge in [0, 0.05) is 11.6 Å². The van der Waals surface area contributed by atoms with Gasteiger partial charge in [-0.3, -0.25) is 4.79 Å². The lowest BCUT2D eigenvalue weighted by molar-refractivity contribution is 0.0920. The summed E-state index contributed by atoms with van der Waals surface area (Å²) in [4.78, 5) is 13.2. The molecule has 1 aliphatic rings. The van der Waals surface area contributed by atoms with Crippen LogP contribution < -0.4 is 10.1 Å². The van der Waals surface area contributed by atoms with Gasteiger partial charge in [0.2, 0.25) is 0 Å². The van der Waals surface area contributed by atoms with Gasteiger partial charge in [-0.15, -0.1) is 0 Å². The van der Waals surface area contributed by atoms with Crippen LogP contribution in [0, 0.1) is 13.8 Å². The lowest BCUT2D eigenvalue weighted by Gasteiger charge is -2.23. The number of carbonyl (C=O) groups excluding carboxylic acids is 1. The normalized spacial score (nSPS) is 14.5. The highest BCUT2D eigenvalue weighted by molar-refractivity contribution is 5.94. The van der Waals surface area contributed by atoms with E-state index in [9.17, 15) is 4.79 Å². The molecule has 5 heteroatoms. The van der Waals surface area contributed by atoms with Gasteiger partial charge in [-0.1, -0.05) is 37.0 Å². The van der Waals surface area contributed by atoms with E-state index in [1.54, 1.807) is 11.8 Å². The first-order chi connectivity index (χ1) is 14.5. The van der Waals surface area contributed by atoms with Crippen molar-refractivity contribution in [1.29, 1.82) is 0 Å². The maximum Gasteiger partial charge on any atom is 0.270 e. The Morgan fingerprint density at radius 1 is 1.03 bits per heavy atom. The van der Waals surface area contributed by atoms with Gasteiger partial charge in [0.05, 0.1) is 18.5 Å². The summed E-state index contributed by atoms with van der Waals surface area (Å²) in [7, 11) is 1.65. The highest BCUT2D eigenvalue weighted by Gasteiger charge is 2.22. The monoisotopic (exact) mass is 403 g/mol. The first-order valence-electron chi connectivity index (χ1n) is 10.7. The average Bonchev–Trinajstić information content (AvgIpc) is 3.20. The summed E-state index contributed by atoms with van der Waals surface area (Å²) in [6.45, 7) is 4.12. The number of nitrogens with zero attached hydrogens (tertiary/aromatic N) is 2. The Balaban J connectivity index is 1.73. The molecule has 1 saturated carbocycles. The molecule has 0 atom stereocenters. The molecule has 5 nitrogen and oxygen atoms in total. The van der Waals surface area contributed by atoms with Crippen molar-refractivity contribution in [1.82, 2.24) is 15.1 Å². The second-order valence-corrected chi connectivity index (χ2v) is 8.15. The Hall–Kier alpha value is -3.08. The Morgan fingerprint density at radius 2 is 1.77 bits per heavy atom. The third kappa shape index (κ3) is 4.25. The van der Waals surface area contributed by atoms with Crippen molar-refractivity contribution < 1.29 is 9.53 Å². The fourth-order valence-corrected chi connectivity index (χ4v) is 4.18. The molecule has 1 heterocycles. The predicted molar refractivity (Wildman–Crippen MR) is 119 cm³/mol. The van der Waals surface area contributed by atoms with E-state index < -0.39 is 0 Å². The Morgan fingerprint density at radius 3 is 2.43 bits per heavy atom. The number of nitrogens with one attached hydrogen (secondary N) is 1. The van der Waals surface area contributed by atoms with E-state index in [0.717, 1.165) is 41.1 Å². The molecular weight excluding hydrogens is 374 g/mol. The zero-order valence-electron chi connectivity index (χ0n) is 17.9. The van der Waals surface area contributed by atoms with Crippen molar-refractivity contribution in [3.05, 3.63) is 65.4 Å². The van der Waals surface area contributed by atoms with Crippen LogP contribution in [0.1, 0.15) is 53.7 Å². The number of rotatable bonds is 5. The fourth-order valence-electron chi connectivity index (χ4n) is 4.18. The van der Waals surface area contributed by atoms with Crippen molar-refractivity contribution >= 4 is 5.91 Å². The van der Waals surface area contributed by atoms with Crippen LogP contribution in [0.15, 0.2) is 48.5 Å². The summed E-state index contributed by atoms with van der Waals surface area (Å²) in [5, 5.41) is 8.07. The summed E-state index contributed by atoms with van der Waals surface area (Å²) in [5.74, 6) is 0.733. The van der Waals surface area contributed by atoms with Gasteiger partial charge in [0.1, 0.15) is 11.4 Å². The van der Waals surface area contributed by atoms with E-state index in [-0.39, 0.29) is 11.9 Å². The lowest BCUT2D eigenvalue weighted by Crippen LogP contribution is -2.37. The highest BCUT2D eigenvalue weighted by Crippen LogP contribution is 2.26. The van der Waals surface area contributed by atoms with Crippen molar-refractivity contribution in [2.24, 2.45) is 0 Å². The topological polar surface area (TPSA) is 56.1 Å². The van der Waals surface area contributed by atoms with Gasteiger partial charge >= 0.3 is 0 Å². The number of aromatic nitrogens is 2. The number of benzene rings is 2. The molecule has 2 aromatic carbocycles. The van der Waals surface area contributed by atoms with Crippen LogP contribution in [0.3, 0.4) is 0 Å². The van der Waals surface area contributed by atoms with Crippen LogP contribution >= 0.6 is 0 Å². The minimum atomic E-state index is -0.0610. The molecule has 156 valence electrons. The quantitative estimate of drug-likeness (QED) is 0.635. The zero-order valence-corrected chi connectivity index (χ0v) is 17.9. The minimum absolute atomic E-state index is 0.0610. The first kappa shape index (κ1) is 20.2. The van der Waals surface area contributed by atoms with Gasteiger partial charge in [-0.2, -0.15) is 5.10 Å². The third-order valence-electron chi connectivity index (χ3n) is 5.85. The molecule has 1 fully saturated rings. The molecule has 0 unspecified atom stereocenters. The van der Waals surface area contributed by atoms with Gasteiger partial charge in [0.15, 0.2) is 0 Å². The number of ether oxygens (including phenoxy) is 1. The first-order valence-corrected chi connectivity index (χ1v) is 10.7. The molecule has 1 amide bonds. The SMILES string of the molecule is COc1ccc(-c2cc(C(=O)NC3CCCCC3)n(-c3ccc(C)cc3C)n2)cc1. The van der Waals surface area contributed by atoms with Gasteiger partial charge < -0.3 is 10.1 Å². The second kappa shape index (κ2) is 8.74. The largest absolute Gasteiger partial charge is 0.497 e. The third-order valence-corrected chi connectivity index (χ3v) is 5.85. The fraction of sp³-hybridized carbons (Fsp3) is 0.360. The summed E-state index contributed by atoms with van der Waals surface area (Å²) < 4.78 is 7.05.